The van der Waals surface area contributed by atoms with E-state index in [1.165, 1.54) is 18.4 Å². The fourth-order valence-electron chi connectivity index (χ4n) is 2.82. The third-order valence-electron chi connectivity index (χ3n) is 4.05. The number of pyridine rings is 1. The molecule has 0 saturated carbocycles. The highest BCUT2D eigenvalue weighted by Gasteiger charge is 2.26. The summed E-state index contributed by atoms with van der Waals surface area (Å²) in [5.41, 5.74) is 7.30. The average molecular weight is 263 g/mol. The van der Waals surface area contributed by atoms with Crippen LogP contribution in [-0.4, -0.2) is 49.3 Å². The highest BCUT2D eigenvalue weighted by Crippen LogP contribution is 2.20. The Morgan fingerprint density at radius 2 is 2.26 bits per heavy atom. The molecule has 2 heterocycles. The largest absolute Gasteiger partial charge is 0.381 e. The maximum Gasteiger partial charge on any atom is 0.0509 e. The zero-order chi connectivity index (χ0) is 13.5. The standard InChI is InChI=1S/C15H25N3O/c1-18(9-6-13-4-7-17-8-5-13)15(11-16)14-3-2-10-19-12-14/h4-5,7-8,14-15H,2-3,6,9-12,16H2,1H3. The predicted octanol–water partition coefficient (Wildman–Crippen LogP) is 1.31. The first kappa shape index (κ1) is 14.4. The Morgan fingerprint density at radius 3 is 2.89 bits per heavy atom. The second kappa shape index (κ2) is 7.58. The number of rotatable bonds is 6. The van der Waals surface area contributed by atoms with E-state index in [0.717, 1.165) is 26.2 Å². The molecule has 0 bridgehead atoms. The van der Waals surface area contributed by atoms with Crippen LogP contribution in [-0.2, 0) is 11.2 Å². The Morgan fingerprint density at radius 1 is 1.47 bits per heavy atom. The minimum atomic E-state index is 0.433. The van der Waals surface area contributed by atoms with E-state index in [1.807, 2.05) is 12.4 Å². The maximum absolute atomic E-state index is 5.97. The van der Waals surface area contributed by atoms with E-state index in [0.29, 0.717) is 18.5 Å². The second-order valence-corrected chi connectivity index (χ2v) is 5.37. The number of nitrogens with two attached hydrogens (primary N) is 1. The van der Waals surface area contributed by atoms with Crippen LogP contribution in [0.3, 0.4) is 0 Å². The Kier molecular flexibility index (Phi) is 5.76. The van der Waals surface area contributed by atoms with Crippen molar-refractivity contribution >= 4 is 0 Å². The molecule has 0 aromatic carbocycles. The van der Waals surface area contributed by atoms with Gasteiger partial charge in [0.15, 0.2) is 0 Å². The highest BCUT2D eigenvalue weighted by molar-refractivity contribution is 5.09. The number of ether oxygens (including phenoxy) is 1. The van der Waals surface area contributed by atoms with Gasteiger partial charge in [0.2, 0.25) is 0 Å². The van der Waals surface area contributed by atoms with Crippen molar-refractivity contribution in [3.8, 4) is 0 Å². The van der Waals surface area contributed by atoms with Crippen LogP contribution in [0.5, 0.6) is 0 Å². The third kappa shape index (κ3) is 4.27. The Hall–Kier alpha value is -0.970. The molecule has 2 unspecified atom stereocenters. The second-order valence-electron chi connectivity index (χ2n) is 5.37. The maximum atomic E-state index is 5.97. The number of hydrogen-bond acceptors (Lipinski definition) is 4. The summed E-state index contributed by atoms with van der Waals surface area (Å²) in [6.45, 7) is 3.51. The van der Waals surface area contributed by atoms with Gasteiger partial charge in [-0.1, -0.05) is 0 Å². The summed E-state index contributed by atoms with van der Waals surface area (Å²) in [5.74, 6) is 0.584. The zero-order valence-corrected chi connectivity index (χ0v) is 11.8. The molecule has 0 radical (unpaired) electrons. The highest BCUT2D eigenvalue weighted by atomic mass is 16.5. The number of nitrogens with zero attached hydrogens (tertiary/aromatic N) is 2. The Balaban J connectivity index is 1.84. The summed E-state index contributed by atoms with van der Waals surface area (Å²) < 4.78 is 5.59. The van der Waals surface area contributed by atoms with Crippen molar-refractivity contribution in [3.63, 3.8) is 0 Å². The lowest BCUT2D eigenvalue weighted by atomic mass is 9.92. The molecule has 1 aromatic rings. The Labute approximate surface area is 116 Å². The molecule has 1 aliphatic heterocycles. The molecule has 2 rings (SSSR count). The van der Waals surface area contributed by atoms with Gasteiger partial charge in [-0.2, -0.15) is 0 Å². The molecule has 1 aliphatic rings. The molecule has 19 heavy (non-hydrogen) atoms. The third-order valence-corrected chi connectivity index (χ3v) is 4.05. The molecular weight excluding hydrogens is 238 g/mol. The van der Waals surface area contributed by atoms with E-state index in [4.69, 9.17) is 10.5 Å². The first-order valence-electron chi connectivity index (χ1n) is 7.18. The fraction of sp³-hybridized carbons (Fsp3) is 0.667. The van der Waals surface area contributed by atoms with Gasteiger partial charge >= 0.3 is 0 Å². The van der Waals surface area contributed by atoms with Gasteiger partial charge in [0.05, 0.1) is 6.61 Å². The van der Waals surface area contributed by atoms with Gasteiger partial charge in [-0.15, -0.1) is 0 Å². The van der Waals surface area contributed by atoms with Gasteiger partial charge in [-0.3, -0.25) is 4.98 Å². The van der Waals surface area contributed by atoms with Crippen LogP contribution >= 0.6 is 0 Å². The quantitative estimate of drug-likeness (QED) is 0.841. The molecule has 4 nitrogen and oxygen atoms in total. The molecule has 1 fully saturated rings. The minimum absolute atomic E-state index is 0.433. The van der Waals surface area contributed by atoms with E-state index in [9.17, 15) is 0 Å². The monoisotopic (exact) mass is 263 g/mol. The van der Waals surface area contributed by atoms with E-state index in [-0.39, 0.29) is 0 Å². The van der Waals surface area contributed by atoms with Crippen molar-refractivity contribution in [2.24, 2.45) is 11.7 Å². The van der Waals surface area contributed by atoms with Gasteiger partial charge < -0.3 is 15.4 Å². The van der Waals surface area contributed by atoms with Crippen molar-refractivity contribution < 1.29 is 4.74 Å². The van der Waals surface area contributed by atoms with Crippen LogP contribution in [0.1, 0.15) is 18.4 Å². The Bertz CT molecular complexity index is 352. The molecular formula is C15H25N3O. The van der Waals surface area contributed by atoms with Crippen LogP contribution in [0, 0.1) is 5.92 Å². The van der Waals surface area contributed by atoms with E-state index in [1.54, 1.807) is 0 Å². The van der Waals surface area contributed by atoms with Gasteiger partial charge in [-0.25, -0.2) is 0 Å². The van der Waals surface area contributed by atoms with Gasteiger partial charge in [0.25, 0.3) is 0 Å². The molecule has 0 aliphatic carbocycles. The number of aromatic nitrogens is 1. The summed E-state index contributed by atoms with van der Waals surface area (Å²) in [6.07, 6.45) is 7.15. The van der Waals surface area contributed by atoms with Gasteiger partial charge in [-0.05, 0) is 49.9 Å². The summed E-state index contributed by atoms with van der Waals surface area (Å²) in [4.78, 5) is 6.44. The van der Waals surface area contributed by atoms with E-state index < -0.39 is 0 Å². The van der Waals surface area contributed by atoms with Crippen molar-refractivity contribution in [2.75, 3.05) is 33.4 Å². The van der Waals surface area contributed by atoms with Crippen LogP contribution in [0.2, 0.25) is 0 Å². The molecule has 0 amide bonds. The molecule has 1 saturated heterocycles. The first-order valence-corrected chi connectivity index (χ1v) is 7.18. The zero-order valence-electron chi connectivity index (χ0n) is 11.8. The number of likely N-dealkylation sites (N-methyl/N-ethyl adjacent to an activating group) is 1. The summed E-state index contributed by atoms with van der Waals surface area (Å²) in [6, 6.07) is 4.59. The lowest BCUT2D eigenvalue weighted by Gasteiger charge is -2.35. The van der Waals surface area contributed by atoms with Crippen LogP contribution in [0.15, 0.2) is 24.5 Å². The lowest BCUT2D eigenvalue weighted by Crippen LogP contribution is -2.46. The molecule has 106 valence electrons. The van der Waals surface area contributed by atoms with Crippen LogP contribution in [0.25, 0.3) is 0 Å². The fourth-order valence-corrected chi connectivity index (χ4v) is 2.82. The predicted molar refractivity (Wildman–Crippen MR) is 77.0 cm³/mol. The summed E-state index contributed by atoms with van der Waals surface area (Å²) >= 11 is 0. The molecule has 1 aromatic heterocycles. The number of hydrogen-bond donors (Lipinski definition) is 1. The van der Waals surface area contributed by atoms with Crippen molar-refractivity contribution in [1.29, 1.82) is 0 Å². The lowest BCUT2D eigenvalue weighted by molar-refractivity contribution is 0.0175. The van der Waals surface area contributed by atoms with Gasteiger partial charge in [0.1, 0.15) is 0 Å². The average Bonchev–Trinajstić information content (AvgIpc) is 2.48. The van der Waals surface area contributed by atoms with E-state index >= 15 is 0 Å². The molecule has 2 N–H and O–H groups in total. The first-order chi connectivity index (χ1) is 9.31. The summed E-state index contributed by atoms with van der Waals surface area (Å²) in [7, 11) is 2.17. The molecule has 2 atom stereocenters. The smallest absolute Gasteiger partial charge is 0.0509 e. The normalized spacial score (nSPS) is 21.5. The molecule has 4 heteroatoms. The van der Waals surface area contributed by atoms with E-state index in [2.05, 4.69) is 29.1 Å². The van der Waals surface area contributed by atoms with Crippen LogP contribution in [0.4, 0.5) is 0 Å². The van der Waals surface area contributed by atoms with Crippen molar-refractivity contribution in [3.05, 3.63) is 30.1 Å². The van der Waals surface area contributed by atoms with Crippen molar-refractivity contribution in [2.45, 2.75) is 25.3 Å². The topological polar surface area (TPSA) is 51.4 Å². The minimum Gasteiger partial charge on any atom is -0.381 e. The van der Waals surface area contributed by atoms with Crippen LogP contribution < -0.4 is 5.73 Å². The van der Waals surface area contributed by atoms with Gasteiger partial charge in [0, 0.05) is 38.1 Å². The van der Waals surface area contributed by atoms with Crippen molar-refractivity contribution in [1.82, 2.24) is 9.88 Å². The molecule has 0 spiro atoms. The summed E-state index contributed by atoms with van der Waals surface area (Å²) in [5, 5.41) is 0. The SMILES string of the molecule is CN(CCc1ccncc1)C(CN)C1CCCOC1.